The lowest BCUT2D eigenvalue weighted by atomic mass is 10.1. The molecule has 0 spiro atoms. The second kappa shape index (κ2) is 8.55. The maximum absolute atomic E-state index is 13.0. The van der Waals surface area contributed by atoms with E-state index in [1.54, 1.807) is 18.5 Å². The molecule has 1 aliphatic rings. The number of aromatic nitrogens is 3. The minimum atomic E-state index is -0.253. The predicted octanol–water partition coefficient (Wildman–Crippen LogP) is 3.22. The van der Waals surface area contributed by atoms with Crippen LogP contribution in [0.5, 0.6) is 0 Å². The fraction of sp³-hybridized carbons (Fsp3) is 0.240. The number of hydrogen-bond donors (Lipinski definition) is 2. The molecular formula is C25H27N7O. The number of nitrogens with one attached hydrogen (secondary N) is 1. The number of nitrogens with zero attached hydrogens (tertiary/aromatic N) is 5. The van der Waals surface area contributed by atoms with E-state index in [1.807, 2.05) is 42.1 Å². The molecule has 2 aromatic carbocycles. The summed E-state index contributed by atoms with van der Waals surface area (Å²) in [6, 6.07) is 13.6. The molecule has 1 amide bonds. The van der Waals surface area contributed by atoms with Crippen LogP contribution in [0, 0.1) is 0 Å². The summed E-state index contributed by atoms with van der Waals surface area (Å²) in [6.07, 6.45) is 5.23. The highest BCUT2D eigenvalue weighted by Gasteiger charge is 2.16. The quantitative estimate of drug-likeness (QED) is 0.473. The lowest BCUT2D eigenvalue weighted by molar-refractivity contribution is 0.102. The first kappa shape index (κ1) is 21.0. The first-order valence-electron chi connectivity index (χ1n) is 11.0. The highest BCUT2D eigenvalue weighted by atomic mass is 16.1. The Bertz CT molecular complexity index is 1320. The summed E-state index contributed by atoms with van der Waals surface area (Å²) >= 11 is 0. The monoisotopic (exact) mass is 441 g/mol. The summed E-state index contributed by atoms with van der Waals surface area (Å²) < 4.78 is 1.92. The van der Waals surface area contributed by atoms with E-state index in [1.165, 1.54) is 5.69 Å². The highest BCUT2D eigenvalue weighted by Crippen LogP contribution is 2.27. The zero-order valence-corrected chi connectivity index (χ0v) is 18.8. The first-order chi connectivity index (χ1) is 16.0. The van der Waals surface area contributed by atoms with Gasteiger partial charge in [-0.05, 0) is 43.4 Å². The molecule has 0 atom stereocenters. The number of fused-ring (bicyclic) bond motifs is 1. The Hall–Kier alpha value is -3.91. The maximum atomic E-state index is 13.0. The number of anilines is 3. The summed E-state index contributed by atoms with van der Waals surface area (Å²) in [7, 11) is 4.07. The Morgan fingerprint density at radius 1 is 1.00 bits per heavy atom. The molecule has 0 saturated carbocycles. The van der Waals surface area contributed by atoms with E-state index in [0.29, 0.717) is 16.9 Å². The molecule has 1 aliphatic heterocycles. The van der Waals surface area contributed by atoms with Gasteiger partial charge in [0.05, 0.1) is 22.5 Å². The Morgan fingerprint density at radius 2 is 1.82 bits per heavy atom. The van der Waals surface area contributed by atoms with Crippen LogP contribution in [0.3, 0.4) is 0 Å². The van der Waals surface area contributed by atoms with Crippen LogP contribution in [0.15, 0.2) is 61.1 Å². The van der Waals surface area contributed by atoms with Crippen molar-refractivity contribution in [2.75, 3.05) is 49.2 Å². The SMILES string of the molecule is CN1CCN(c2ccc3cc(C(=O)Nc4cc(-c5nccn5C)ccc4N)cnc3c2)CC1. The number of nitrogen functional groups attached to an aromatic ring is 1. The van der Waals surface area contributed by atoms with Crippen molar-refractivity contribution in [3.8, 4) is 11.4 Å². The van der Waals surface area contributed by atoms with E-state index in [4.69, 9.17) is 5.73 Å². The van der Waals surface area contributed by atoms with E-state index in [9.17, 15) is 4.79 Å². The number of pyridine rings is 1. The molecule has 3 N–H and O–H groups in total. The van der Waals surface area contributed by atoms with Crippen LogP contribution < -0.4 is 16.0 Å². The summed E-state index contributed by atoms with van der Waals surface area (Å²) in [6.45, 7) is 4.10. The van der Waals surface area contributed by atoms with Gasteiger partial charge in [0.1, 0.15) is 5.82 Å². The zero-order valence-electron chi connectivity index (χ0n) is 18.8. The van der Waals surface area contributed by atoms with Crippen LogP contribution in [0.1, 0.15) is 10.4 Å². The molecular weight excluding hydrogens is 414 g/mol. The predicted molar refractivity (Wildman–Crippen MR) is 132 cm³/mol. The number of nitrogens with two attached hydrogens (primary N) is 1. The van der Waals surface area contributed by atoms with Gasteiger partial charge in [-0.1, -0.05) is 6.07 Å². The molecule has 5 rings (SSSR count). The number of carbonyl (C=O) groups excluding carboxylic acids is 1. The second-order valence-electron chi connectivity index (χ2n) is 8.51. The van der Waals surface area contributed by atoms with Crippen molar-refractivity contribution in [2.24, 2.45) is 7.05 Å². The molecule has 0 bridgehead atoms. The van der Waals surface area contributed by atoms with E-state index in [2.05, 4.69) is 44.3 Å². The lowest BCUT2D eigenvalue weighted by Gasteiger charge is -2.34. The van der Waals surface area contributed by atoms with Crippen LogP contribution >= 0.6 is 0 Å². The minimum Gasteiger partial charge on any atom is -0.397 e. The third kappa shape index (κ3) is 4.25. The van der Waals surface area contributed by atoms with Crippen molar-refractivity contribution >= 4 is 33.9 Å². The average Bonchev–Trinajstić information content (AvgIpc) is 3.26. The smallest absolute Gasteiger partial charge is 0.257 e. The summed E-state index contributed by atoms with van der Waals surface area (Å²) in [5.74, 6) is 0.547. The molecule has 0 aliphatic carbocycles. The van der Waals surface area contributed by atoms with Gasteiger partial charge in [-0.2, -0.15) is 0 Å². The second-order valence-corrected chi connectivity index (χ2v) is 8.51. The topological polar surface area (TPSA) is 92.3 Å². The third-order valence-corrected chi connectivity index (χ3v) is 6.18. The number of carbonyl (C=O) groups is 1. The molecule has 3 heterocycles. The minimum absolute atomic E-state index is 0.253. The zero-order chi connectivity index (χ0) is 22.9. The highest BCUT2D eigenvalue weighted by molar-refractivity contribution is 6.07. The Labute approximate surface area is 192 Å². The van der Waals surface area contributed by atoms with Gasteiger partial charge in [0.15, 0.2) is 0 Å². The number of likely N-dealkylation sites (N-methyl/N-ethyl adjacent to an activating group) is 1. The van der Waals surface area contributed by atoms with Crippen molar-refractivity contribution in [1.82, 2.24) is 19.4 Å². The summed E-state index contributed by atoms with van der Waals surface area (Å²) in [5, 5.41) is 3.85. The number of benzene rings is 2. The van der Waals surface area contributed by atoms with E-state index >= 15 is 0 Å². The number of hydrogen-bond acceptors (Lipinski definition) is 6. The van der Waals surface area contributed by atoms with Gasteiger partial charge < -0.3 is 25.4 Å². The van der Waals surface area contributed by atoms with E-state index in [0.717, 1.165) is 48.5 Å². The Balaban J connectivity index is 1.36. The number of rotatable bonds is 4. The first-order valence-corrected chi connectivity index (χ1v) is 11.0. The molecule has 33 heavy (non-hydrogen) atoms. The largest absolute Gasteiger partial charge is 0.397 e. The standard InChI is InChI=1S/C25H27N7O/c1-30-9-11-32(12-10-30)20-5-3-17-13-19(16-28-22(17)15-20)25(33)29-23-14-18(4-6-21(23)26)24-27-7-8-31(24)2/h3-8,13-16H,9-12,26H2,1-2H3,(H,29,33). The maximum Gasteiger partial charge on any atom is 0.257 e. The molecule has 168 valence electrons. The number of piperazine rings is 1. The molecule has 8 nitrogen and oxygen atoms in total. The number of aryl methyl sites for hydroxylation is 1. The van der Waals surface area contributed by atoms with E-state index in [-0.39, 0.29) is 5.91 Å². The van der Waals surface area contributed by atoms with Crippen molar-refractivity contribution < 1.29 is 4.79 Å². The van der Waals surface area contributed by atoms with Gasteiger partial charge in [0.2, 0.25) is 0 Å². The number of imidazole rings is 1. The van der Waals surface area contributed by atoms with Gasteiger partial charge in [-0.3, -0.25) is 9.78 Å². The number of amides is 1. The van der Waals surface area contributed by atoms with Crippen LogP contribution in [-0.2, 0) is 7.05 Å². The molecule has 4 aromatic rings. The average molecular weight is 442 g/mol. The van der Waals surface area contributed by atoms with Crippen molar-refractivity contribution in [2.45, 2.75) is 0 Å². The summed E-state index contributed by atoms with van der Waals surface area (Å²) in [4.78, 5) is 26.6. The third-order valence-electron chi connectivity index (χ3n) is 6.18. The van der Waals surface area contributed by atoms with Gasteiger partial charge in [0.25, 0.3) is 5.91 Å². The fourth-order valence-corrected chi connectivity index (χ4v) is 4.14. The van der Waals surface area contributed by atoms with Crippen LogP contribution in [0.25, 0.3) is 22.3 Å². The molecule has 2 aromatic heterocycles. The molecule has 0 radical (unpaired) electrons. The van der Waals surface area contributed by atoms with Gasteiger partial charge >= 0.3 is 0 Å². The van der Waals surface area contributed by atoms with Crippen LogP contribution in [0.4, 0.5) is 17.1 Å². The van der Waals surface area contributed by atoms with Crippen LogP contribution in [-0.4, -0.2) is 58.6 Å². The normalized spacial score (nSPS) is 14.5. The molecule has 1 saturated heterocycles. The fourth-order valence-electron chi connectivity index (χ4n) is 4.14. The van der Waals surface area contributed by atoms with Gasteiger partial charge in [-0.15, -0.1) is 0 Å². The van der Waals surface area contributed by atoms with Crippen LogP contribution in [0.2, 0.25) is 0 Å². The van der Waals surface area contributed by atoms with E-state index < -0.39 is 0 Å². The Morgan fingerprint density at radius 3 is 2.58 bits per heavy atom. The summed E-state index contributed by atoms with van der Waals surface area (Å²) in [5.41, 5.74) is 10.6. The molecule has 1 fully saturated rings. The van der Waals surface area contributed by atoms with Gasteiger partial charge in [-0.25, -0.2) is 4.98 Å². The molecule has 8 heteroatoms. The van der Waals surface area contributed by atoms with Crippen molar-refractivity contribution in [1.29, 1.82) is 0 Å². The van der Waals surface area contributed by atoms with Crippen molar-refractivity contribution in [3.63, 3.8) is 0 Å². The molecule has 0 unspecified atom stereocenters. The van der Waals surface area contributed by atoms with Crippen molar-refractivity contribution in [3.05, 3.63) is 66.6 Å². The van der Waals surface area contributed by atoms with Gasteiger partial charge in [0, 0.05) is 68.5 Å². The Kier molecular flexibility index (Phi) is 5.43. The lowest BCUT2D eigenvalue weighted by Crippen LogP contribution is -2.44.